The van der Waals surface area contributed by atoms with Gasteiger partial charge in [0.25, 0.3) is 0 Å². The Kier molecular flexibility index (Phi) is 4.22. The lowest BCUT2D eigenvalue weighted by Gasteiger charge is -2.25. The van der Waals surface area contributed by atoms with Gasteiger partial charge in [-0.3, -0.25) is 0 Å². The number of benzene rings is 2. The van der Waals surface area contributed by atoms with Crippen LogP contribution in [0.25, 0.3) is 44.8 Å². The molecule has 0 spiro atoms. The van der Waals surface area contributed by atoms with E-state index in [2.05, 4.69) is 72.6 Å². The maximum Gasteiger partial charge on any atom is 0.179 e. The van der Waals surface area contributed by atoms with Crippen molar-refractivity contribution in [2.24, 2.45) is 0 Å². The van der Waals surface area contributed by atoms with Crippen LogP contribution in [0.4, 0.5) is 0 Å². The number of aromatic amines is 1. The molecule has 1 fully saturated rings. The molecule has 3 heterocycles. The number of tetrazole rings is 1. The molecule has 1 saturated carbocycles. The van der Waals surface area contributed by atoms with E-state index in [9.17, 15) is 0 Å². The summed E-state index contributed by atoms with van der Waals surface area (Å²) < 4.78 is 2.38. The maximum absolute atomic E-state index is 5.03. The first-order chi connectivity index (χ1) is 15.3. The van der Waals surface area contributed by atoms with Crippen LogP contribution in [0.15, 0.2) is 42.5 Å². The molecule has 0 amide bonds. The van der Waals surface area contributed by atoms with Crippen molar-refractivity contribution in [2.45, 2.75) is 45.1 Å². The van der Waals surface area contributed by atoms with E-state index < -0.39 is 0 Å². The van der Waals surface area contributed by atoms with Crippen LogP contribution in [0.1, 0.15) is 43.7 Å². The Morgan fingerprint density at radius 1 is 0.903 bits per heavy atom. The second-order valence-corrected chi connectivity index (χ2v) is 8.34. The number of aromatic nitrogens is 8. The highest BCUT2D eigenvalue weighted by molar-refractivity contribution is 5.86. The number of nitrogens with zero attached hydrogens (tertiary/aromatic N) is 7. The van der Waals surface area contributed by atoms with E-state index in [0.717, 1.165) is 51.9 Å². The topological polar surface area (TPSA) is 98.1 Å². The Bertz CT molecular complexity index is 1380. The van der Waals surface area contributed by atoms with Crippen LogP contribution in [0, 0.1) is 6.92 Å². The monoisotopic (exact) mass is 410 g/mol. The van der Waals surface area contributed by atoms with Gasteiger partial charge in [0.2, 0.25) is 0 Å². The minimum Gasteiger partial charge on any atom is -0.319 e. The van der Waals surface area contributed by atoms with Gasteiger partial charge in [0, 0.05) is 17.0 Å². The van der Waals surface area contributed by atoms with Gasteiger partial charge in [-0.2, -0.15) is 0 Å². The Morgan fingerprint density at radius 3 is 2.65 bits per heavy atom. The van der Waals surface area contributed by atoms with Gasteiger partial charge in [-0.05, 0) is 66.1 Å². The predicted molar refractivity (Wildman–Crippen MR) is 118 cm³/mol. The summed E-state index contributed by atoms with van der Waals surface area (Å²) in [5, 5.41) is 24.4. The average Bonchev–Trinajstić information content (AvgIpc) is 3.47. The molecule has 2 aromatic carbocycles. The molecule has 0 aliphatic heterocycles. The standard InChI is InChI=1S/C23H22N8/c1-14-7-8-15-12-20(26-25-18(15)11-14)23-24-19-13-16(22-27-29-30-28-22)9-10-21(19)31(23)17-5-3-2-4-6-17/h7-13,17H,2-6H2,1H3,(H,27,28,29,30). The van der Waals surface area contributed by atoms with Crippen molar-refractivity contribution in [3.63, 3.8) is 0 Å². The van der Waals surface area contributed by atoms with Crippen molar-refractivity contribution in [1.82, 2.24) is 40.4 Å². The third-order valence-corrected chi connectivity index (χ3v) is 6.22. The molecule has 0 unspecified atom stereocenters. The Labute approximate surface area is 178 Å². The summed E-state index contributed by atoms with van der Waals surface area (Å²) in [4.78, 5) is 5.03. The predicted octanol–water partition coefficient (Wildman–Crippen LogP) is 4.64. The summed E-state index contributed by atoms with van der Waals surface area (Å²) in [6.45, 7) is 2.07. The number of aryl methyl sites for hydroxylation is 1. The zero-order valence-corrected chi connectivity index (χ0v) is 17.3. The molecule has 1 aliphatic rings. The molecule has 5 aromatic rings. The molecule has 1 aliphatic carbocycles. The zero-order valence-electron chi connectivity index (χ0n) is 17.3. The van der Waals surface area contributed by atoms with E-state index >= 15 is 0 Å². The lowest BCUT2D eigenvalue weighted by molar-refractivity contribution is 0.362. The van der Waals surface area contributed by atoms with Crippen LogP contribution in [-0.4, -0.2) is 40.4 Å². The highest BCUT2D eigenvalue weighted by atomic mass is 15.5. The first-order valence-electron chi connectivity index (χ1n) is 10.8. The fourth-order valence-corrected chi connectivity index (χ4v) is 4.67. The Balaban J connectivity index is 1.55. The SMILES string of the molecule is Cc1ccc2cc(-c3nc4cc(-c5nnn[nH]5)ccc4n3C3CCCCC3)nnc2c1. The van der Waals surface area contributed by atoms with E-state index in [1.807, 2.05) is 12.1 Å². The quantitative estimate of drug-likeness (QED) is 0.465. The Hall–Kier alpha value is -3.68. The number of rotatable bonds is 3. The zero-order chi connectivity index (χ0) is 20.8. The molecule has 8 heteroatoms. The number of H-pyrrole nitrogens is 1. The molecular formula is C23H22N8. The fraction of sp³-hybridized carbons (Fsp3) is 0.304. The van der Waals surface area contributed by atoms with Gasteiger partial charge in [0.15, 0.2) is 11.6 Å². The van der Waals surface area contributed by atoms with Crippen molar-refractivity contribution in [3.05, 3.63) is 48.0 Å². The second kappa shape index (κ2) is 7.23. The van der Waals surface area contributed by atoms with Gasteiger partial charge in [-0.1, -0.05) is 31.4 Å². The smallest absolute Gasteiger partial charge is 0.179 e. The van der Waals surface area contributed by atoms with Crippen LogP contribution < -0.4 is 0 Å². The van der Waals surface area contributed by atoms with Crippen molar-refractivity contribution >= 4 is 21.9 Å². The first kappa shape index (κ1) is 18.1. The van der Waals surface area contributed by atoms with Gasteiger partial charge in [-0.25, -0.2) is 10.1 Å². The molecular weight excluding hydrogens is 388 g/mol. The first-order valence-corrected chi connectivity index (χ1v) is 10.8. The third kappa shape index (κ3) is 3.15. The molecule has 0 saturated heterocycles. The van der Waals surface area contributed by atoms with Crippen molar-refractivity contribution in [2.75, 3.05) is 0 Å². The molecule has 154 valence electrons. The van der Waals surface area contributed by atoms with Crippen LogP contribution in [0.5, 0.6) is 0 Å². The van der Waals surface area contributed by atoms with E-state index in [-0.39, 0.29) is 0 Å². The summed E-state index contributed by atoms with van der Waals surface area (Å²) in [7, 11) is 0. The van der Waals surface area contributed by atoms with E-state index in [4.69, 9.17) is 4.98 Å². The number of hydrogen-bond donors (Lipinski definition) is 1. The van der Waals surface area contributed by atoms with E-state index in [1.54, 1.807) is 0 Å². The molecule has 0 radical (unpaired) electrons. The van der Waals surface area contributed by atoms with Crippen LogP contribution in [0.3, 0.4) is 0 Å². The molecule has 3 aromatic heterocycles. The lowest BCUT2D eigenvalue weighted by Crippen LogP contribution is -2.14. The molecule has 0 atom stereocenters. The molecule has 1 N–H and O–H groups in total. The van der Waals surface area contributed by atoms with Crippen LogP contribution >= 0.6 is 0 Å². The van der Waals surface area contributed by atoms with Gasteiger partial charge < -0.3 is 4.57 Å². The van der Waals surface area contributed by atoms with Crippen LogP contribution in [-0.2, 0) is 0 Å². The van der Waals surface area contributed by atoms with E-state index in [1.165, 1.54) is 24.8 Å². The Morgan fingerprint density at radius 2 is 1.81 bits per heavy atom. The van der Waals surface area contributed by atoms with Gasteiger partial charge in [0.05, 0.1) is 16.6 Å². The maximum atomic E-state index is 5.03. The summed E-state index contributed by atoms with van der Waals surface area (Å²) in [6.07, 6.45) is 6.11. The second-order valence-electron chi connectivity index (χ2n) is 8.34. The molecule has 31 heavy (non-hydrogen) atoms. The number of nitrogens with one attached hydrogen (secondary N) is 1. The van der Waals surface area contributed by atoms with Crippen molar-refractivity contribution in [1.29, 1.82) is 0 Å². The number of hydrogen-bond acceptors (Lipinski definition) is 6. The molecule has 6 rings (SSSR count). The summed E-state index contributed by atoms with van der Waals surface area (Å²) in [5.41, 5.74) is 5.84. The fourth-order valence-electron chi connectivity index (χ4n) is 4.67. The van der Waals surface area contributed by atoms with Crippen molar-refractivity contribution < 1.29 is 0 Å². The van der Waals surface area contributed by atoms with Gasteiger partial charge in [-0.15, -0.1) is 15.3 Å². The normalized spacial score (nSPS) is 15.1. The summed E-state index contributed by atoms with van der Waals surface area (Å²) >= 11 is 0. The molecule has 8 nitrogen and oxygen atoms in total. The average molecular weight is 410 g/mol. The van der Waals surface area contributed by atoms with Gasteiger partial charge in [0.1, 0.15) is 5.69 Å². The van der Waals surface area contributed by atoms with Crippen molar-refractivity contribution in [3.8, 4) is 22.9 Å². The van der Waals surface area contributed by atoms with Crippen LogP contribution in [0.2, 0.25) is 0 Å². The lowest BCUT2D eigenvalue weighted by atomic mass is 9.95. The highest BCUT2D eigenvalue weighted by Gasteiger charge is 2.24. The minimum absolute atomic E-state index is 0.419. The highest BCUT2D eigenvalue weighted by Crippen LogP contribution is 2.36. The van der Waals surface area contributed by atoms with E-state index in [0.29, 0.717) is 11.9 Å². The third-order valence-electron chi connectivity index (χ3n) is 6.22. The molecule has 0 bridgehead atoms. The van der Waals surface area contributed by atoms with Gasteiger partial charge >= 0.3 is 0 Å². The summed E-state index contributed by atoms with van der Waals surface area (Å²) in [6, 6.07) is 15.0. The number of imidazole rings is 1. The summed E-state index contributed by atoms with van der Waals surface area (Å²) in [5.74, 6) is 1.52. The largest absolute Gasteiger partial charge is 0.319 e. The minimum atomic E-state index is 0.419. The number of fused-ring (bicyclic) bond motifs is 2.